The van der Waals surface area contributed by atoms with Crippen molar-refractivity contribution >= 4 is 33.4 Å². The summed E-state index contributed by atoms with van der Waals surface area (Å²) in [5, 5.41) is 6.84. The maximum atomic E-state index is 12.6. The molecule has 34 heavy (non-hydrogen) atoms. The van der Waals surface area contributed by atoms with Crippen molar-refractivity contribution < 1.29 is 22.7 Å². The van der Waals surface area contributed by atoms with E-state index in [-0.39, 0.29) is 16.5 Å². The lowest BCUT2D eigenvalue weighted by molar-refractivity contribution is -0.123. The third-order valence-corrected chi connectivity index (χ3v) is 6.60. The smallest absolute Gasteiger partial charge is 0.338 e. The van der Waals surface area contributed by atoms with Crippen LogP contribution in [0.1, 0.15) is 48.3 Å². The van der Waals surface area contributed by atoms with E-state index in [2.05, 4.69) is 15.1 Å². The molecule has 180 valence electrons. The van der Waals surface area contributed by atoms with E-state index in [4.69, 9.17) is 4.74 Å². The van der Waals surface area contributed by atoms with E-state index < -0.39 is 28.0 Å². The van der Waals surface area contributed by atoms with E-state index in [1.807, 2.05) is 27.7 Å². The number of benzene rings is 2. The Hall–Kier alpha value is -3.66. The van der Waals surface area contributed by atoms with Crippen molar-refractivity contribution in [3.05, 3.63) is 71.4 Å². The maximum Gasteiger partial charge on any atom is 0.338 e. The van der Waals surface area contributed by atoms with Crippen molar-refractivity contribution in [3.8, 4) is 0 Å². The Morgan fingerprint density at radius 3 is 2.26 bits per heavy atom. The summed E-state index contributed by atoms with van der Waals surface area (Å²) < 4.78 is 34.7. The largest absolute Gasteiger partial charge is 0.449 e. The van der Waals surface area contributed by atoms with Crippen molar-refractivity contribution in [1.29, 1.82) is 0 Å². The summed E-state index contributed by atoms with van der Waals surface area (Å²) in [5.74, 6) is -0.694. The molecular weight excluding hydrogens is 456 g/mol. The molecule has 0 bridgehead atoms. The highest BCUT2D eigenvalue weighted by atomic mass is 32.2. The number of carbonyl (C=O) groups is 2. The van der Waals surface area contributed by atoms with Crippen LogP contribution in [0.4, 0.5) is 11.5 Å². The number of aromatic nitrogens is 2. The van der Waals surface area contributed by atoms with E-state index in [0.29, 0.717) is 11.5 Å². The van der Waals surface area contributed by atoms with Gasteiger partial charge in [0.15, 0.2) is 6.10 Å². The molecule has 3 rings (SSSR count). The third-order valence-electron chi connectivity index (χ3n) is 5.23. The second-order valence-electron chi connectivity index (χ2n) is 8.22. The van der Waals surface area contributed by atoms with Crippen LogP contribution < -0.4 is 10.0 Å². The first-order valence-corrected chi connectivity index (χ1v) is 12.2. The first kappa shape index (κ1) is 25.0. The standard InChI is InChI=1S/C24H28N4O5S/c1-15(2)28-22(12-13-25-28)26-23(29)18(5)33-24(30)19-7-9-20(10-8-19)27-34(31,32)21-11-6-16(3)17(4)14-21/h6-15,18,27H,1-5H3,(H,26,29). The predicted octanol–water partition coefficient (Wildman–Crippen LogP) is 4.07. The van der Waals surface area contributed by atoms with Crippen LogP contribution in [-0.2, 0) is 19.6 Å². The van der Waals surface area contributed by atoms with E-state index in [1.54, 1.807) is 29.1 Å². The number of amides is 1. The molecule has 0 spiro atoms. The molecule has 0 fully saturated rings. The molecule has 2 N–H and O–H groups in total. The lowest BCUT2D eigenvalue weighted by Gasteiger charge is -2.16. The molecule has 0 radical (unpaired) electrons. The molecule has 10 heteroatoms. The Morgan fingerprint density at radius 2 is 1.65 bits per heavy atom. The highest BCUT2D eigenvalue weighted by Crippen LogP contribution is 2.20. The summed E-state index contributed by atoms with van der Waals surface area (Å²) in [4.78, 5) is 25.1. The fourth-order valence-electron chi connectivity index (χ4n) is 3.10. The number of ether oxygens (including phenoxy) is 1. The number of hydrogen-bond acceptors (Lipinski definition) is 6. The molecule has 0 saturated carbocycles. The molecule has 3 aromatic rings. The number of esters is 1. The highest BCUT2D eigenvalue weighted by Gasteiger charge is 2.21. The zero-order valence-corrected chi connectivity index (χ0v) is 20.5. The van der Waals surface area contributed by atoms with Crippen molar-refractivity contribution in [2.24, 2.45) is 0 Å². The predicted molar refractivity (Wildman–Crippen MR) is 129 cm³/mol. The molecule has 0 aliphatic rings. The molecule has 0 saturated heterocycles. The summed E-state index contributed by atoms with van der Waals surface area (Å²) in [6.45, 7) is 9.07. The second kappa shape index (κ2) is 10.1. The topological polar surface area (TPSA) is 119 Å². The first-order valence-electron chi connectivity index (χ1n) is 10.7. The van der Waals surface area contributed by atoms with Gasteiger partial charge in [0.2, 0.25) is 0 Å². The molecule has 1 aromatic heterocycles. The van der Waals surface area contributed by atoms with E-state index in [1.165, 1.54) is 37.3 Å². The van der Waals surface area contributed by atoms with Crippen LogP contribution in [0.2, 0.25) is 0 Å². The Balaban J connectivity index is 1.62. The van der Waals surface area contributed by atoms with Gasteiger partial charge in [0.1, 0.15) is 5.82 Å². The molecule has 1 unspecified atom stereocenters. The minimum atomic E-state index is -3.78. The van der Waals surface area contributed by atoms with Crippen LogP contribution in [0, 0.1) is 13.8 Å². The van der Waals surface area contributed by atoms with Gasteiger partial charge in [0, 0.05) is 17.8 Å². The number of carbonyl (C=O) groups excluding carboxylic acids is 2. The number of nitrogens with zero attached hydrogens (tertiary/aromatic N) is 2. The van der Waals surface area contributed by atoms with Gasteiger partial charge in [-0.3, -0.25) is 9.52 Å². The van der Waals surface area contributed by atoms with Gasteiger partial charge in [-0.25, -0.2) is 17.9 Å². The summed E-state index contributed by atoms with van der Waals surface area (Å²) in [5.41, 5.74) is 2.34. The van der Waals surface area contributed by atoms with Gasteiger partial charge in [-0.2, -0.15) is 5.10 Å². The number of hydrogen-bond donors (Lipinski definition) is 2. The molecule has 0 aliphatic heterocycles. The lowest BCUT2D eigenvalue weighted by Crippen LogP contribution is -2.31. The van der Waals surface area contributed by atoms with Crippen LogP contribution >= 0.6 is 0 Å². The van der Waals surface area contributed by atoms with Gasteiger partial charge in [-0.05, 0) is 82.1 Å². The van der Waals surface area contributed by atoms with Crippen LogP contribution in [0.15, 0.2) is 59.6 Å². The monoisotopic (exact) mass is 484 g/mol. The molecule has 1 atom stereocenters. The zero-order valence-electron chi connectivity index (χ0n) is 19.7. The van der Waals surface area contributed by atoms with E-state index in [0.717, 1.165) is 11.1 Å². The zero-order chi connectivity index (χ0) is 25.0. The number of aryl methyl sites for hydroxylation is 2. The van der Waals surface area contributed by atoms with Crippen molar-refractivity contribution in [1.82, 2.24) is 9.78 Å². The van der Waals surface area contributed by atoms with Gasteiger partial charge in [0.25, 0.3) is 15.9 Å². The number of rotatable bonds is 8. The van der Waals surface area contributed by atoms with Gasteiger partial charge >= 0.3 is 5.97 Å². The minimum absolute atomic E-state index is 0.0501. The number of sulfonamides is 1. The van der Waals surface area contributed by atoms with Crippen molar-refractivity contribution in [2.75, 3.05) is 10.0 Å². The average molecular weight is 485 g/mol. The van der Waals surface area contributed by atoms with Gasteiger partial charge in [-0.15, -0.1) is 0 Å². The second-order valence-corrected chi connectivity index (χ2v) is 9.90. The molecule has 1 amide bonds. The molecule has 2 aromatic carbocycles. The third kappa shape index (κ3) is 5.82. The molecule has 9 nitrogen and oxygen atoms in total. The van der Waals surface area contributed by atoms with Gasteiger partial charge < -0.3 is 10.1 Å². The van der Waals surface area contributed by atoms with E-state index in [9.17, 15) is 18.0 Å². The quantitative estimate of drug-likeness (QED) is 0.465. The summed E-state index contributed by atoms with van der Waals surface area (Å²) in [6, 6.07) is 12.4. The fraction of sp³-hybridized carbons (Fsp3) is 0.292. The summed E-state index contributed by atoms with van der Waals surface area (Å²) in [7, 11) is -3.78. The lowest BCUT2D eigenvalue weighted by atomic mass is 10.1. The number of nitrogens with one attached hydrogen (secondary N) is 2. The highest BCUT2D eigenvalue weighted by molar-refractivity contribution is 7.92. The average Bonchev–Trinajstić information content (AvgIpc) is 3.24. The van der Waals surface area contributed by atoms with Crippen LogP contribution in [-0.4, -0.2) is 36.2 Å². The summed E-state index contributed by atoms with van der Waals surface area (Å²) >= 11 is 0. The van der Waals surface area contributed by atoms with Crippen LogP contribution in [0.3, 0.4) is 0 Å². The van der Waals surface area contributed by atoms with E-state index >= 15 is 0 Å². The fourth-order valence-corrected chi connectivity index (χ4v) is 4.25. The van der Waals surface area contributed by atoms with Crippen molar-refractivity contribution in [2.45, 2.75) is 51.7 Å². The molecular formula is C24H28N4O5S. The Bertz CT molecular complexity index is 1300. The first-order chi connectivity index (χ1) is 16.0. The number of anilines is 2. The van der Waals surface area contributed by atoms with Gasteiger partial charge in [-0.1, -0.05) is 6.07 Å². The van der Waals surface area contributed by atoms with Gasteiger partial charge in [0.05, 0.1) is 16.7 Å². The Kier molecular flexibility index (Phi) is 7.41. The molecule has 0 aliphatic carbocycles. The molecule has 1 heterocycles. The SMILES string of the molecule is Cc1ccc(S(=O)(=O)Nc2ccc(C(=O)OC(C)C(=O)Nc3ccnn3C(C)C)cc2)cc1C. The van der Waals surface area contributed by atoms with Crippen molar-refractivity contribution in [3.63, 3.8) is 0 Å². The maximum absolute atomic E-state index is 12.6. The van der Waals surface area contributed by atoms with Crippen LogP contribution in [0.25, 0.3) is 0 Å². The normalized spacial score (nSPS) is 12.3. The van der Waals surface area contributed by atoms with Crippen LogP contribution in [0.5, 0.6) is 0 Å². The Morgan fingerprint density at radius 1 is 0.971 bits per heavy atom. The minimum Gasteiger partial charge on any atom is -0.449 e. The summed E-state index contributed by atoms with van der Waals surface area (Å²) in [6.07, 6.45) is 0.521. The Labute approximate surface area is 199 Å².